The quantitative estimate of drug-likeness (QED) is 0.432. The monoisotopic (exact) mass is 405 g/mol. The average molecular weight is 406 g/mol. The number of thiocarbonyl (C=S) groups is 1. The Morgan fingerprint density at radius 3 is 2.73 bits per heavy atom. The SMILES string of the molecule is Cc1cccc(OCCOc2ccc(Cl)cc2/C=C2\SC(=S)NC2=O)c1. The molecule has 0 saturated carbocycles. The Hall–Kier alpha value is -2.02. The van der Waals surface area contributed by atoms with Crippen molar-refractivity contribution in [3.63, 3.8) is 0 Å². The van der Waals surface area contributed by atoms with E-state index in [4.69, 9.17) is 33.3 Å². The molecular weight excluding hydrogens is 390 g/mol. The van der Waals surface area contributed by atoms with E-state index in [1.165, 1.54) is 11.8 Å². The molecule has 4 nitrogen and oxygen atoms in total. The smallest absolute Gasteiger partial charge is 0.263 e. The third kappa shape index (κ3) is 5.00. The van der Waals surface area contributed by atoms with E-state index in [-0.39, 0.29) is 5.91 Å². The first kappa shape index (κ1) is 18.8. The Bertz CT molecular complexity index is 883. The van der Waals surface area contributed by atoms with E-state index in [0.29, 0.717) is 33.2 Å². The summed E-state index contributed by atoms with van der Waals surface area (Å²) in [7, 11) is 0. The lowest BCUT2D eigenvalue weighted by Gasteiger charge is -2.11. The van der Waals surface area contributed by atoms with Crippen LogP contribution in [0, 0.1) is 6.92 Å². The molecule has 7 heteroatoms. The van der Waals surface area contributed by atoms with E-state index in [0.717, 1.165) is 16.9 Å². The van der Waals surface area contributed by atoms with Crippen molar-refractivity contribution in [2.45, 2.75) is 6.92 Å². The van der Waals surface area contributed by atoms with Crippen molar-refractivity contribution in [1.82, 2.24) is 5.32 Å². The van der Waals surface area contributed by atoms with Crippen molar-refractivity contribution in [3.05, 3.63) is 63.5 Å². The highest BCUT2D eigenvalue weighted by atomic mass is 35.5. The third-order valence-corrected chi connectivity index (χ3v) is 4.90. The predicted octanol–water partition coefficient (Wildman–Crippen LogP) is 4.60. The Labute approximate surface area is 166 Å². The van der Waals surface area contributed by atoms with Crippen molar-refractivity contribution in [1.29, 1.82) is 0 Å². The molecule has 0 spiro atoms. The topological polar surface area (TPSA) is 47.6 Å². The van der Waals surface area contributed by atoms with Gasteiger partial charge in [0.15, 0.2) is 0 Å². The second-order valence-electron chi connectivity index (χ2n) is 5.55. The van der Waals surface area contributed by atoms with E-state index in [1.54, 1.807) is 24.3 Å². The number of carbonyl (C=O) groups excluding carboxylic acids is 1. The molecule has 1 aliphatic heterocycles. The predicted molar refractivity (Wildman–Crippen MR) is 110 cm³/mol. The Balaban J connectivity index is 1.65. The normalized spacial score (nSPS) is 15.2. The Morgan fingerprint density at radius 2 is 2.00 bits per heavy atom. The lowest BCUT2D eigenvalue weighted by molar-refractivity contribution is -0.115. The van der Waals surface area contributed by atoms with Crippen LogP contribution in [0.15, 0.2) is 47.4 Å². The fourth-order valence-electron chi connectivity index (χ4n) is 2.34. The molecule has 1 amide bonds. The van der Waals surface area contributed by atoms with Gasteiger partial charge in [0.25, 0.3) is 5.91 Å². The number of rotatable bonds is 6. The summed E-state index contributed by atoms with van der Waals surface area (Å²) in [5.74, 6) is 1.22. The number of ether oxygens (including phenoxy) is 2. The number of thioether (sulfide) groups is 1. The number of aryl methyl sites for hydroxylation is 1. The maximum Gasteiger partial charge on any atom is 0.263 e. The number of halogens is 1. The zero-order valence-electron chi connectivity index (χ0n) is 14.0. The van der Waals surface area contributed by atoms with Crippen LogP contribution in [0.25, 0.3) is 6.08 Å². The summed E-state index contributed by atoms with van der Waals surface area (Å²) in [6.07, 6.45) is 1.72. The molecule has 2 aromatic rings. The molecule has 0 radical (unpaired) electrons. The van der Waals surface area contributed by atoms with Gasteiger partial charge >= 0.3 is 0 Å². The lowest BCUT2D eigenvalue weighted by atomic mass is 10.2. The molecule has 2 aromatic carbocycles. The van der Waals surface area contributed by atoms with Crippen LogP contribution < -0.4 is 14.8 Å². The van der Waals surface area contributed by atoms with E-state index in [9.17, 15) is 4.79 Å². The highest BCUT2D eigenvalue weighted by Gasteiger charge is 2.22. The molecule has 1 N–H and O–H groups in total. The summed E-state index contributed by atoms with van der Waals surface area (Å²) in [6, 6.07) is 13.1. The zero-order chi connectivity index (χ0) is 18.5. The van der Waals surface area contributed by atoms with Gasteiger partial charge in [-0.3, -0.25) is 4.79 Å². The number of nitrogens with one attached hydrogen (secondary N) is 1. The fourth-order valence-corrected chi connectivity index (χ4v) is 3.56. The van der Waals surface area contributed by atoms with Crippen LogP contribution >= 0.6 is 35.6 Å². The second-order valence-corrected chi connectivity index (χ2v) is 7.70. The van der Waals surface area contributed by atoms with E-state index < -0.39 is 0 Å². The molecule has 1 heterocycles. The van der Waals surface area contributed by atoms with Crippen LogP contribution in [-0.2, 0) is 4.79 Å². The molecule has 0 aromatic heterocycles. The van der Waals surface area contributed by atoms with Crippen molar-refractivity contribution >= 4 is 51.9 Å². The number of hydrogen-bond acceptors (Lipinski definition) is 5. The van der Waals surface area contributed by atoms with Crippen molar-refractivity contribution in [2.24, 2.45) is 0 Å². The molecule has 1 fully saturated rings. The van der Waals surface area contributed by atoms with Gasteiger partial charge in [-0.05, 0) is 48.9 Å². The Kier molecular flexibility index (Phi) is 6.19. The van der Waals surface area contributed by atoms with Gasteiger partial charge in [-0.25, -0.2) is 0 Å². The van der Waals surface area contributed by atoms with Gasteiger partial charge in [0, 0.05) is 10.6 Å². The molecule has 134 valence electrons. The van der Waals surface area contributed by atoms with Crippen molar-refractivity contribution < 1.29 is 14.3 Å². The second kappa shape index (κ2) is 8.58. The number of amides is 1. The summed E-state index contributed by atoms with van der Waals surface area (Å²) in [5.41, 5.74) is 1.86. The highest BCUT2D eigenvalue weighted by molar-refractivity contribution is 8.26. The lowest BCUT2D eigenvalue weighted by Crippen LogP contribution is -2.17. The van der Waals surface area contributed by atoms with Crippen LogP contribution in [0.5, 0.6) is 11.5 Å². The molecule has 3 rings (SSSR count). The van der Waals surface area contributed by atoms with Crippen LogP contribution in [0.2, 0.25) is 5.02 Å². The van der Waals surface area contributed by atoms with Gasteiger partial charge in [0.1, 0.15) is 29.0 Å². The summed E-state index contributed by atoms with van der Waals surface area (Å²) >= 11 is 12.3. The summed E-state index contributed by atoms with van der Waals surface area (Å²) < 4.78 is 11.9. The third-order valence-electron chi connectivity index (χ3n) is 3.50. The van der Waals surface area contributed by atoms with Gasteiger partial charge in [-0.1, -0.05) is 47.7 Å². The maximum atomic E-state index is 11.8. The average Bonchev–Trinajstić information content (AvgIpc) is 2.90. The molecule has 1 saturated heterocycles. The first-order chi connectivity index (χ1) is 12.5. The summed E-state index contributed by atoms with van der Waals surface area (Å²) in [6.45, 7) is 2.78. The standard InChI is InChI=1S/C19H16ClNO3S2/c1-12-3-2-4-15(9-12)23-7-8-24-16-6-5-14(20)10-13(16)11-17-18(22)21-19(25)26-17/h2-6,9-11H,7-8H2,1H3,(H,21,22,25)/b17-11-. The number of benzene rings is 2. The van der Waals surface area contributed by atoms with Crippen LogP contribution in [0.3, 0.4) is 0 Å². The van der Waals surface area contributed by atoms with Crippen LogP contribution in [0.1, 0.15) is 11.1 Å². The first-order valence-electron chi connectivity index (χ1n) is 7.88. The molecule has 1 aliphatic rings. The number of hydrogen-bond donors (Lipinski definition) is 1. The molecule has 0 aliphatic carbocycles. The maximum absolute atomic E-state index is 11.8. The van der Waals surface area contributed by atoms with Gasteiger partial charge in [0.2, 0.25) is 0 Å². The summed E-state index contributed by atoms with van der Waals surface area (Å²) in [5, 5.41) is 3.15. The largest absolute Gasteiger partial charge is 0.490 e. The summed E-state index contributed by atoms with van der Waals surface area (Å²) in [4.78, 5) is 12.4. The minimum absolute atomic E-state index is 0.214. The van der Waals surface area contributed by atoms with E-state index >= 15 is 0 Å². The molecular formula is C19H16ClNO3S2. The fraction of sp³-hybridized carbons (Fsp3) is 0.158. The zero-order valence-corrected chi connectivity index (χ0v) is 16.3. The van der Waals surface area contributed by atoms with Crippen LogP contribution in [-0.4, -0.2) is 23.4 Å². The molecule has 26 heavy (non-hydrogen) atoms. The first-order valence-corrected chi connectivity index (χ1v) is 9.48. The van der Waals surface area contributed by atoms with Gasteiger partial charge in [-0.2, -0.15) is 0 Å². The minimum Gasteiger partial charge on any atom is -0.490 e. The van der Waals surface area contributed by atoms with Gasteiger partial charge < -0.3 is 14.8 Å². The van der Waals surface area contributed by atoms with E-state index in [2.05, 4.69) is 5.32 Å². The van der Waals surface area contributed by atoms with Crippen molar-refractivity contribution in [2.75, 3.05) is 13.2 Å². The van der Waals surface area contributed by atoms with Gasteiger partial charge in [0.05, 0.1) is 4.91 Å². The number of carbonyl (C=O) groups is 1. The highest BCUT2D eigenvalue weighted by Crippen LogP contribution is 2.31. The van der Waals surface area contributed by atoms with Crippen molar-refractivity contribution in [3.8, 4) is 11.5 Å². The molecule has 0 unspecified atom stereocenters. The molecule has 0 atom stereocenters. The van der Waals surface area contributed by atoms with E-state index in [1.807, 2.05) is 31.2 Å². The van der Waals surface area contributed by atoms with Gasteiger partial charge in [-0.15, -0.1) is 0 Å². The molecule has 0 bridgehead atoms. The van der Waals surface area contributed by atoms with Crippen LogP contribution in [0.4, 0.5) is 0 Å². The Morgan fingerprint density at radius 1 is 1.19 bits per heavy atom. The minimum atomic E-state index is -0.214.